The molecule has 1 aromatic rings. The van der Waals surface area contributed by atoms with Gasteiger partial charge in [0.1, 0.15) is 5.82 Å². The van der Waals surface area contributed by atoms with Crippen molar-refractivity contribution in [2.75, 3.05) is 45.2 Å². The van der Waals surface area contributed by atoms with E-state index in [9.17, 15) is 4.79 Å². The first-order valence-electron chi connectivity index (χ1n) is 9.49. The van der Waals surface area contributed by atoms with Crippen LogP contribution in [-0.2, 0) is 4.74 Å². The molecule has 0 radical (unpaired) electrons. The molecule has 1 aromatic heterocycles. The highest BCUT2D eigenvalue weighted by Gasteiger charge is 2.37. The molecule has 1 saturated carbocycles. The van der Waals surface area contributed by atoms with Gasteiger partial charge in [-0.15, -0.1) is 0 Å². The number of anilines is 1. The van der Waals surface area contributed by atoms with E-state index in [2.05, 4.69) is 20.5 Å². The number of pyridine rings is 1. The maximum Gasteiger partial charge on any atom is 0.254 e. The summed E-state index contributed by atoms with van der Waals surface area (Å²) in [5, 5.41) is 6.21. The van der Waals surface area contributed by atoms with Crippen molar-refractivity contribution in [3.05, 3.63) is 23.9 Å². The Morgan fingerprint density at radius 2 is 1.96 bits per heavy atom. The van der Waals surface area contributed by atoms with Gasteiger partial charge in [-0.2, -0.15) is 0 Å². The Balaban J connectivity index is 1.78. The van der Waals surface area contributed by atoms with Gasteiger partial charge < -0.3 is 15.4 Å². The Labute approximate surface area is 150 Å². The molecule has 1 aliphatic carbocycles. The van der Waals surface area contributed by atoms with E-state index in [0.29, 0.717) is 11.4 Å². The second kappa shape index (κ2) is 8.63. The molecule has 2 N–H and O–H groups in total. The summed E-state index contributed by atoms with van der Waals surface area (Å²) in [6, 6.07) is 3.63. The highest BCUT2D eigenvalue weighted by molar-refractivity contribution is 5.98. The molecule has 6 nitrogen and oxygen atoms in total. The number of amides is 1. The molecule has 0 atom stereocenters. The van der Waals surface area contributed by atoms with Crippen molar-refractivity contribution >= 4 is 11.7 Å². The maximum atomic E-state index is 12.1. The fourth-order valence-electron chi connectivity index (χ4n) is 4.14. The molecule has 1 amide bonds. The van der Waals surface area contributed by atoms with Crippen molar-refractivity contribution in [2.24, 2.45) is 0 Å². The molecule has 2 aliphatic rings. The zero-order valence-corrected chi connectivity index (χ0v) is 15.2. The molecule has 0 aromatic carbocycles. The normalized spacial score (nSPS) is 21.3. The Kier molecular flexibility index (Phi) is 6.26. The zero-order chi connectivity index (χ0) is 17.5. The first kappa shape index (κ1) is 18.1. The summed E-state index contributed by atoms with van der Waals surface area (Å²) in [6.45, 7) is 4.44. The van der Waals surface area contributed by atoms with Gasteiger partial charge in [-0.05, 0) is 25.0 Å². The molecular formula is C19H30N4O2. The lowest BCUT2D eigenvalue weighted by Crippen LogP contribution is -2.57. The van der Waals surface area contributed by atoms with E-state index in [0.717, 1.165) is 32.8 Å². The molecular weight excluding hydrogens is 316 g/mol. The average Bonchev–Trinajstić information content (AvgIpc) is 2.93. The van der Waals surface area contributed by atoms with Crippen molar-refractivity contribution in [1.82, 2.24) is 15.2 Å². The molecule has 2 fully saturated rings. The van der Waals surface area contributed by atoms with E-state index in [1.165, 1.54) is 38.5 Å². The van der Waals surface area contributed by atoms with E-state index in [-0.39, 0.29) is 11.4 Å². The van der Waals surface area contributed by atoms with Gasteiger partial charge in [-0.3, -0.25) is 9.69 Å². The highest BCUT2D eigenvalue weighted by Crippen LogP contribution is 2.33. The zero-order valence-electron chi connectivity index (χ0n) is 15.2. The second-order valence-electron chi connectivity index (χ2n) is 7.07. The van der Waals surface area contributed by atoms with Crippen molar-refractivity contribution in [3.63, 3.8) is 0 Å². The average molecular weight is 346 g/mol. The van der Waals surface area contributed by atoms with Crippen LogP contribution in [0.25, 0.3) is 0 Å². The highest BCUT2D eigenvalue weighted by atomic mass is 16.5. The van der Waals surface area contributed by atoms with E-state index >= 15 is 0 Å². The number of aromatic nitrogens is 1. The first-order valence-corrected chi connectivity index (χ1v) is 9.49. The lowest BCUT2D eigenvalue weighted by molar-refractivity contribution is -0.0240. The van der Waals surface area contributed by atoms with Crippen LogP contribution in [-0.4, -0.2) is 61.2 Å². The van der Waals surface area contributed by atoms with Crippen molar-refractivity contribution in [3.8, 4) is 0 Å². The number of ether oxygens (including phenoxy) is 1. The molecule has 1 aliphatic heterocycles. The number of hydrogen-bond donors (Lipinski definition) is 2. The summed E-state index contributed by atoms with van der Waals surface area (Å²) in [5.41, 5.74) is 0.744. The van der Waals surface area contributed by atoms with Gasteiger partial charge in [0.15, 0.2) is 0 Å². The Hall–Kier alpha value is -1.66. The van der Waals surface area contributed by atoms with Crippen molar-refractivity contribution in [1.29, 1.82) is 0 Å². The number of morpholine rings is 1. The van der Waals surface area contributed by atoms with E-state index in [4.69, 9.17) is 4.74 Å². The quantitative estimate of drug-likeness (QED) is 0.801. The molecule has 2 heterocycles. The van der Waals surface area contributed by atoms with Crippen LogP contribution in [0.2, 0.25) is 0 Å². The van der Waals surface area contributed by atoms with Gasteiger partial charge in [0, 0.05) is 38.4 Å². The number of carbonyl (C=O) groups excluding carboxylic acids is 1. The van der Waals surface area contributed by atoms with Crippen LogP contribution in [0.4, 0.5) is 5.82 Å². The third-order valence-corrected chi connectivity index (χ3v) is 5.58. The van der Waals surface area contributed by atoms with E-state index < -0.39 is 0 Å². The Morgan fingerprint density at radius 1 is 1.24 bits per heavy atom. The number of hydrogen-bond acceptors (Lipinski definition) is 5. The van der Waals surface area contributed by atoms with Crippen LogP contribution in [0.5, 0.6) is 0 Å². The van der Waals surface area contributed by atoms with Crippen LogP contribution < -0.4 is 10.6 Å². The summed E-state index contributed by atoms with van der Waals surface area (Å²) in [4.78, 5) is 19.1. The molecule has 1 saturated heterocycles. The largest absolute Gasteiger partial charge is 0.379 e. The predicted octanol–water partition coefficient (Wildman–Crippen LogP) is 2.28. The molecule has 3 rings (SSSR count). The number of nitrogens with zero attached hydrogens (tertiary/aromatic N) is 2. The fourth-order valence-corrected chi connectivity index (χ4v) is 4.14. The van der Waals surface area contributed by atoms with Crippen LogP contribution in [0, 0.1) is 0 Å². The van der Waals surface area contributed by atoms with Gasteiger partial charge in [-0.1, -0.05) is 25.7 Å². The monoisotopic (exact) mass is 346 g/mol. The minimum Gasteiger partial charge on any atom is -0.379 e. The van der Waals surface area contributed by atoms with Gasteiger partial charge in [0.2, 0.25) is 0 Å². The molecule has 0 spiro atoms. The molecule has 0 unspecified atom stereocenters. The molecule has 25 heavy (non-hydrogen) atoms. The van der Waals surface area contributed by atoms with Crippen LogP contribution in [0.15, 0.2) is 18.3 Å². The summed E-state index contributed by atoms with van der Waals surface area (Å²) in [6.07, 6.45) is 9.30. The van der Waals surface area contributed by atoms with Crippen LogP contribution in [0.3, 0.4) is 0 Å². The third-order valence-electron chi connectivity index (χ3n) is 5.58. The smallest absolute Gasteiger partial charge is 0.254 e. The number of rotatable bonds is 5. The summed E-state index contributed by atoms with van der Waals surface area (Å²) in [7, 11) is 1.65. The topological polar surface area (TPSA) is 66.5 Å². The molecule has 6 heteroatoms. The summed E-state index contributed by atoms with van der Waals surface area (Å²) >= 11 is 0. The van der Waals surface area contributed by atoms with Gasteiger partial charge in [0.05, 0.1) is 18.8 Å². The lowest BCUT2D eigenvalue weighted by atomic mass is 9.87. The number of carbonyl (C=O) groups is 1. The lowest BCUT2D eigenvalue weighted by Gasteiger charge is -2.46. The predicted molar refractivity (Wildman–Crippen MR) is 98.9 cm³/mol. The number of nitrogens with one attached hydrogen (secondary N) is 2. The maximum absolute atomic E-state index is 12.1. The van der Waals surface area contributed by atoms with Crippen LogP contribution in [0.1, 0.15) is 48.9 Å². The van der Waals surface area contributed by atoms with Crippen molar-refractivity contribution in [2.45, 2.75) is 44.1 Å². The van der Waals surface area contributed by atoms with Gasteiger partial charge in [0.25, 0.3) is 5.91 Å². The minimum atomic E-state index is -0.100. The molecule has 0 bridgehead atoms. The molecule has 138 valence electrons. The first-order chi connectivity index (χ1) is 12.2. The SMILES string of the molecule is CNC(=O)c1cccnc1NCC1(N2CCOCC2)CCCCCC1. The van der Waals surface area contributed by atoms with Gasteiger partial charge >= 0.3 is 0 Å². The standard InChI is InChI=1S/C19H30N4O2/c1-20-18(24)16-7-6-10-21-17(16)22-15-19(8-4-2-3-5-9-19)23-11-13-25-14-12-23/h6-7,10H,2-5,8-9,11-15H2,1H3,(H,20,24)(H,21,22). The summed E-state index contributed by atoms with van der Waals surface area (Å²) < 4.78 is 5.57. The minimum absolute atomic E-state index is 0.100. The Bertz CT molecular complexity index is 564. The van der Waals surface area contributed by atoms with Crippen molar-refractivity contribution < 1.29 is 9.53 Å². The fraction of sp³-hybridized carbons (Fsp3) is 0.684. The third kappa shape index (κ3) is 4.30. The summed E-state index contributed by atoms with van der Waals surface area (Å²) in [5.74, 6) is 0.579. The second-order valence-corrected chi connectivity index (χ2v) is 7.07. The van der Waals surface area contributed by atoms with Crippen LogP contribution >= 0.6 is 0 Å². The van der Waals surface area contributed by atoms with Gasteiger partial charge in [-0.25, -0.2) is 4.98 Å². The van der Waals surface area contributed by atoms with E-state index in [1.807, 2.05) is 6.07 Å². The Morgan fingerprint density at radius 3 is 2.64 bits per heavy atom. The van der Waals surface area contributed by atoms with E-state index in [1.54, 1.807) is 19.3 Å².